The number of rotatable bonds is 1. The van der Waals surface area contributed by atoms with Gasteiger partial charge in [0.15, 0.2) is 5.03 Å². The fraction of sp³-hybridized carbons (Fsp3) is 0.500. The maximum atomic E-state index is 9.85. The molecule has 9 heavy (non-hydrogen) atoms. The van der Waals surface area contributed by atoms with Crippen molar-refractivity contribution < 1.29 is 65.9 Å². The van der Waals surface area contributed by atoms with E-state index in [0.717, 1.165) is 7.11 Å². The van der Waals surface area contributed by atoms with Gasteiger partial charge < -0.3 is 4.74 Å². The number of methoxy groups -OCH3 is 1. The second-order valence-corrected chi connectivity index (χ2v) is 0.860. The predicted octanol–water partition coefficient (Wildman–Crippen LogP) is -3.46. The molecule has 46 valence electrons. The van der Waals surface area contributed by atoms with Gasteiger partial charge in [0.05, 0.1) is 7.11 Å². The first-order chi connectivity index (χ1) is 3.66. The van der Waals surface area contributed by atoms with Gasteiger partial charge in [-0.15, -0.1) is 0 Å². The fourth-order valence-electron chi connectivity index (χ4n) is 0.120. The largest absolute Gasteiger partial charge is 1.00 e. The van der Waals surface area contributed by atoms with Crippen molar-refractivity contribution in [3.63, 3.8) is 0 Å². The number of ether oxygens (including phenoxy) is 1. The third-order valence-corrected chi connectivity index (χ3v) is 0.368. The first-order valence-corrected chi connectivity index (χ1v) is 1.66. The van der Waals surface area contributed by atoms with Crippen LogP contribution in [0.25, 0.3) is 0 Å². The fourth-order valence-corrected chi connectivity index (χ4v) is 0.120. The summed E-state index contributed by atoms with van der Waals surface area (Å²) in [4.78, 5) is 19.2. The molecule has 0 fully saturated rings. The van der Waals surface area contributed by atoms with Gasteiger partial charge in [-0.3, -0.25) is 0 Å². The van der Waals surface area contributed by atoms with Crippen molar-refractivity contribution in [1.82, 2.24) is 5.43 Å². The van der Waals surface area contributed by atoms with Crippen molar-refractivity contribution >= 4 is 6.09 Å². The maximum Gasteiger partial charge on any atom is 1.00 e. The van der Waals surface area contributed by atoms with Crippen LogP contribution >= 0.6 is 0 Å². The second-order valence-electron chi connectivity index (χ2n) is 0.860. The van der Waals surface area contributed by atoms with Crippen LogP contribution in [0.4, 0.5) is 4.79 Å². The van der Waals surface area contributed by atoms with Gasteiger partial charge in [-0.1, -0.05) is 0 Å². The van der Waals surface area contributed by atoms with Gasteiger partial charge in [-0.05, 0) is 5.43 Å². The van der Waals surface area contributed by atoms with E-state index >= 15 is 0 Å². The zero-order valence-electron chi connectivity index (χ0n) is 5.08. The topological polar surface area (TPSA) is 81.5 Å². The van der Waals surface area contributed by atoms with Crippen LogP contribution in [-0.2, 0) is 4.74 Å². The van der Waals surface area contributed by atoms with E-state index in [1.54, 1.807) is 0 Å². The molecule has 0 bridgehead atoms. The molecule has 0 atom stereocenters. The first-order valence-electron chi connectivity index (χ1n) is 1.66. The van der Waals surface area contributed by atoms with Crippen LogP contribution in [0.15, 0.2) is 0 Å². The van der Waals surface area contributed by atoms with Crippen LogP contribution in [0.2, 0.25) is 0 Å². The standard InChI is InChI=1S/C2H4N2O4.K/c1-8-2(5)3-4(6)7;/h1H3,(H,3,5);/q;+1. The summed E-state index contributed by atoms with van der Waals surface area (Å²) in [7, 11) is 1.04. The van der Waals surface area contributed by atoms with E-state index in [9.17, 15) is 14.9 Å². The summed E-state index contributed by atoms with van der Waals surface area (Å²) in [6.45, 7) is 0. The Labute approximate surface area is 93.5 Å². The van der Waals surface area contributed by atoms with E-state index in [4.69, 9.17) is 0 Å². The molecule has 7 heteroatoms. The van der Waals surface area contributed by atoms with Crippen molar-refractivity contribution in [2.75, 3.05) is 7.11 Å². The summed E-state index contributed by atoms with van der Waals surface area (Å²) in [5, 5.41) is 8.37. The molecule has 0 saturated heterocycles. The molecule has 0 saturated carbocycles. The van der Waals surface area contributed by atoms with E-state index in [1.165, 1.54) is 5.43 Å². The minimum Gasteiger partial charge on any atom is -0.449 e. The van der Waals surface area contributed by atoms with Crippen LogP contribution in [0.5, 0.6) is 0 Å². The molecule has 6 nitrogen and oxygen atoms in total. The van der Waals surface area contributed by atoms with Crippen molar-refractivity contribution in [1.29, 1.82) is 0 Å². The van der Waals surface area contributed by atoms with Gasteiger partial charge in [-0.2, -0.15) is 0 Å². The number of nitro groups is 1. The average Bonchev–Trinajstić information content (AvgIpc) is 1.65. The Balaban J connectivity index is 0. The molecule has 0 aromatic heterocycles. The Kier molecular flexibility index (Phi) is 8.59. The number of hydrogen-bond acceptors (Lipinski definition) is 4. The quantitative estimate of drug-likeness (QED) is 0.245. The van der Waals surface area contributed by atoms with Gasteiger partial charge in [0, 0.05) is 0 Å². The molecule has 0 aliphatic heterocycles. The molecular weight excluding hydrogens is 155 g/mol. The SMILES string of the molecule is COC(=O)N[N+](=O)[O-].[K+]. The van der Waals surface area contributed by atoms with E-state index in [1.807, 2.05) is 0 Å². The van der Waals surface area contributed by atoms with E-state index in [2.05, 4.69) is 4.74 Å². The summed E-state index contributed by atoms with van der Waals surface area (Å²) in [6.07, 6.45) is -1.07. The molecule has 0 unspecified atom stereocenters. The van der Waals surface area contributed by atoms with Crippen LogP contribution in [0.1, 0.15) is 0 Å². The number of carbonyl (C=O) groups excluding carboxylic acids is 1. The zero-order valence-corrected chi connectivity index (χ0v) is 8.20. The maximum absolute atomic E-state index is 9.85. The summed E-state index contributed by atoms with van der Waals surface area (Å²) in [5.74, 6) is 0. The Morgan fingerprint density at radius 1 is 1.78 bits per heavy atom. The van der Waals surface area contributed by atoms with Crippen molar-refractivity contribution in [2.45, 2.75) is 0 Å². The normalized spacial score (nSPS) is 6.78. The Morgan fingerprint density at radius 2 is 2.22 bits per heavy atom. The Bertz CT molecular complexity index is 115. The molecule has 0 aliphatic carbocycles. The smallest absolute Gasteiger partial charge is 0.449 e. The van der Waals surface area contributed by atoms with Gasteiger partial charge in [0.2, 0.25) is 0 Å². The van der Waals surface area contributed by atoms with Crippen LogP contribution in [-0.4, -0.2) is 18.2 Å². The molecule has 0 aromatic carbocycles. The van der Waals surface area contributed by atoms with Crippen LogP contribution < -0.4 is 56.8 Å². The summed E-state index contributed by atoms with van der Waals surface area (Å²) < 4.78 is 3.87. The minimum atomic E-state index is -1.07. The van der Waals surface area contributed by atoms with Crippen molar-refractivity contribution in [3.05, 3.63) is 10.1 Å². The van der Waals surface area contributed by atoms with E-state index in [0.29, 0.717) is 0 Å². The van der Waals surface area contributed by atoms with Gasteiger partial charge in [0.1, 0.15) is 0 Å². The number of hydrogen-bond donors (Lipinski definition) is 1. The molecule has 0 radical (unpaired) electrons. The molecule has 0 heterocycles. The zero-order chi connectivity index (χ0) is 6.57. The predicted molar refractivity (Wildman–Crippen MR) is 22.5 cm³/mol. The number of nitrogens with one attached hydrogen (secondary N) is 1. The number of nitrogens with zero attached hydrogens (tertiary/aromatic N) is 1. The Morgan fingerprint density at radius 3 is 2.33 bits per heavy atom. The monoisotopic (exact) mass is 159 g/mol. The minimum absolute atomic E-state index is 0. The molecule has 0 rings (SSSR count). The Hall–Kier alpha value is 0.306. The molecule has 1 N–H and O–H groups in total. The van der Waals surface area contributed by atoms with Gasteiger partial charge >= 0.3 is 57.5 Å². The first kappa shape index (κ1) is 12.0. The van der Waals surface area contributed by atoms with Gasteiger partial charge in [0.25, 0.3) is 0 Å². The van der Waals surface area contributed by atoms with Gasteiger partial charge in [-0.25, -0.2) is 14.9 Å². The number of hydrazine groups is 1. The molecule has 0 aromatic rings. The van der Waals surface area contributed by atoms with Crippen molar-refractivity contribution in [3.8, 4) is 0 Å². The van der Waals surface area contributed by atoms with Crippen molar-refractivity contribution in [2.24, 2.45) is 0 Å². The third-order valence-electron chi connectivity index (χ3n) is 0.368. The molecule has 0 aliphatic rings. The average molecular weight is 159 g/mol. The number of carbonyl (C=O) groups is 1. The van der Waals surface area contributed by atoms with E-state index < -0.39 is 11.1 Å². The molecular formula is C2H4KN2O4+. The molecule has 1 amide bonds. The van der Waals surface area contributed by atoms with Crippen LogP contribution in [0, 0.1) is 10.1 Å². The molecule has 0 spiro atoms. The van der Waals surface area contributed by atoms with Crippen LogP contribution in [0.3, 0.4) is 0 Å². The summed E-state index contributed by atoms with van der Waals surface area (Å²) in [5.41, 5.74) is 1.25. The number of amides is 1. The third kappa shape index (κ3) is 8.31. The second kappa shape index (κ2) is 6.43. The summed E-state index contributed by atoms with van der Waals surface area (Å²) >= 11 is 0. The summed E-state index contributed by atoms with van der Waals surface area (Å²) in [6, 6.07) is 0. The van der Waals surface area contributed by atoms with E-state index in [-0.39, 0.29) is 51.4 Å².